The van der Waals surface area contributed by atoms with E-state index in [1.54, 1.807) is 30.3 Å². The number of nitrogens with one attached hydrogen (secondary N) is 1. The molecular formula is C27H33N3O6S2. The van der Waals surface area contributed by atoms with E-state index < -0.39 is 32.5 Å². The minimum atomic E-state index is -3.99. The van der Waals surface area contributed by atoms with Crippen LogP contribution in [0.15, 0.2) is 88.7 Å². The van der Waals surface area contributed by atoms with Crippen molar-refractivity contribution >= 4 is 31.6 Å². The molecule has 3 aromatic rings. The molecule has 0 aliphatic carbocycles. The fraction of sp³-hybridized carbons (Fsp3) is 0.296. The van der Waals surface area contributed by atoms with E-state index in [1.165, 1.54) is 50.5 Å². The third kappa shape index (κ3) is 7.12. The van der Waals surface area contributed by atoms with Crippen molar-refractivity contribution in [3.63, 3.8) is 0 Å². The molecule has 0 aliphatic heterocycles. The largest absolute Gasteiger partial charge is 0.492 e. The Bertz CT molecular complexity index is 1420. The molecule has 0 bridgehead atoms. The Balaban J connectivity index is 1.65. The SMILES string of the molecule is CC(C)c1ccc(N(CC(=O)NCCOc2ccc(S(=O)(=O)N(C)C)cc2)S(=O)(=O)c2ccccc2)cc1. The Kier molecular flexibility index (Phi) is 9.53. The van der Waals surface area contributed by atoms with E-state index in [0.717, 1.165) is 14.2 Å². The molecule has 0 fully saturated rings. The number of hydrogen-bond acceptors (Lipinski definition) is 6. The van der Waals surface area contributed by atoms with E-state index in [1.807, 2.05) is 26.0 Å². The fourth-order valence-electron chi connectivity index (χ4n) is 3.52. The predicted molar refractivity (Wildman–Crippen MR) is 147 cm³/mol. The monoisotopic (exact) mass is 559 g/mol. The van der Waals surface area contributed by atoms with Crippen molar-refractivity contribution in [1.82, 2.24) is 9.62 Å². The molecule has 204 valence electrons. The predicted octanol–water partition coefficient (Wildman–Crippen LogP) is 3.45. The average molecular weight is 560 g/mol. The molecule has 0 unspecified atom stereocenters. The number of ether oxygens (including phenoxy) is 1. The zero-order chi connectivity index (χ0) is 27.9. The van der Waals surface area contributed by atoms with Gasteiger partial charge in [-0.2, -0.15) is 0 Å². The zero-order valence-corrected chi connectivity index (χ0v) is 23.5. The summed E-state index contributed by atoms with van der Waals surface area (Å²) >= 11 is 0. The maximum atomic E-state index is 13.4. The van der Waals surface area contributed by atoms with Crippen LogP contribution >= 0.6 is 0 Å². The molecule has 0 spiro atoms. The van der Waals surface area contributed by atoms with Crippen LogP contribution in [0.2, 0.25) is 0 Å². The normalized spacial score (nSPS) is 11.9. The van der Waals surface area contributed by atoms with Gasteiger partial charge in [0.2, 0.25) is 15.9 Å². The lowest BCUT2D eigenvalue weighted by Gasteiger charge is -2.24. The van der Waals surface area contributed by atoms with Gasteiger partial charge in [0.15, 0.2) is 0 Å². The Morgan fingerprint density at radius 3 is 1.95 bits per heavy atom. The van der Waals surface area contributed by atoms with Crippen LogP contribution < -0.4 is 14.4 Å². The molecule has 0 radical (unpaired) electrons. The van der Waals surface area contributed by atoms with Gasteiger partial charge in [-0.3, -0.25) is 9.10 Å². The topological polar surface area (TPSA) is 113 Å². The number of carbonyl (C=O) groups is 1. The van der Waals surface area contributed by atoms with Crippen molar-refractivity contribution in [2.75, 3.05) is 38.1 Å². The number of amides is 1. The third-order valence-electron chi connectivity index (χ3n) is 5.76. The number of sulfonamides is 2. The first-order chi connectivity index (χ1) is 17.9. The maximum Gasteiger partial charge on any atom is 0.264 e. The number of anilines is 1. The molecule has 11 heteroatoms. The van der Waals surface area contributed by atoms with Crippen LogP contribution in [0.4, 0.5) is 5.69 Å². The first kappa shape index (κ1) is 29.2. The van der Waals surface area contributed by atoms with Crippen LogP contribution in [0.25, 0.3) is 0 Å². The number of carbonyl (C=O) groups excluding carboxylic acids is 1. The van der Waals surface area contributed by atoms with Gasteiger partial charge < -0.3 is 10.1 Å². The van der Waals surface area contributed by atoms with Gasteiger partial charge in [-0.05, 0) is 60.0 Å². The summed E-state index contributed by atoms with van der Waals surface area (Å²) in [5, 5.41) is 2.68. The van der Waals surface area contributed by atoms with Gasteiger partial charge >= 0.3 is 0 Å². The van der Waals surface area contributed by atoms with E-state index in [4.69, 9.17) is 4.74 Å². The second kappa shape index (κ2) is 12.4. The van der Waals surface area contributed by atoms with E-state index in [9.17, 15) is 21.6 Å². The van der Waals surface area contributed by atoms with E-state index in [-0.39, 0.29) is 28.9 Å². The second-order valence-corrected chi connectivity index (χ2v) is 13.0. The van der Waals surface area contributed by atoms with Crippen molar-refractivity contribution in [3.05, 3.63) is 84.4 Å². The lowest BCUT2D eigenvalue weighted by molar-refractivity contribution is -0.119. The smallest absolute Gasteiger partial charge is 0.264 e. The lowest BCUT2D eigenvalue weighted by atomic mass is 10.0. The number of hydrogen-bond donors (Lipinski definition) is 1. The van der Waals surface area contributed by atoms with E-state index in [0.29, 0.717) is 11.4 Å². The van der Waals surface area contributed by atoms with Gasteiger partial charge in [0.1, 0.15) is 18.9 Å². The maximum absolute atomic E-state index is 13.4. The second-order valence-electron chi connectivity index (χ2n) is 9.03. The first-order valence-electron chi connectivity index (χ1n) is 12.0. The van der Waals surface area contributed by atoms with E-state index in [2.05, 4.69) is 5.32 Å². The molecule has 0 atom stereocenters. The summed E-state index contributed by atoms with van der Waals surface area (Å²) in [6.45, 7) is 3.92. The average Bonchev–Trinajstić information content (AvgIpc) is 2.90. The lowest BCUT2D eigenvalue weighted by Crippen LogP contribution is -2.41. The Hall–Kier alpha value is -3.41. The molecule has 0 aromatic heterocycles. The third-order valence-corrected chi connectivity index (χ3v) is 9.38. The molecule has 38 heavy (non-hydrogen) atoms. The van der Waals surface area contributed by atoms with Gasteiger partial charge in [-0.15, -0.1) is 0 Å². The standard InChI is InChI=1S/C27H33N3O6S2/c1-21(2)22-10-12-23(13-11-22)30(38(34,35)25-8-6-5-7-9-25)20-27(31)28-18-19-36-24-14-16-26(17-15-24)37(32,33)29(3)4/h5-17,21H,18-20H2,1-4H3,(H,28,31). The molecule has 0 aliphatic rings. The summed E-state index contributed by atoms with van der Waals surface area (Å²) in [7, 11) is -4.62. The quantitative estimate of drug-likeness (QED) is 0.340. The highest BCUT2D eigenvalue weighted by molar-refractivity contribution is 7.92. The molecule has 0 saturated carbocycles. The summed E-state index contributed by atoms with van der Waals surface area (Å²) in [4.78, 5) is 13.0. The Labute approximate surface area is 225 Å². The summed E-state index contributed by atoms with van der Waals surface area (Å²) in [5.41, 5.74) is 1.44. The molecule has 3 aromatic carbocycles. The van der Waals surface area contributed by atoms with Crippen LogP contribution in [0.3, 0.4) is 0 Å². The summed E-state index contributed by atoms with van der Waals surface area (Å²) < 4.78 is 59.0. The minimum Gasteiger partial charge on any atom is -0.492 e. The molecule has 9 nitrogen and oxygen atoms in total. The molecule has 0 heterocycles. The molecule has 1 amide bonds. The number of benzene rings is 3. The van der Waals surface area contributed by atoms with Crippen LogP contribution in [-0.2, 0) is 24.8 Å². The van der Waals surface area contributed by atoms with Gasteiger partial charge in [0.25, 0.3) is 10.0 Å². The van der Waals surface area contributed by atoms with Crippen molar-refractivity contribution in [1.29, 1.82) is 0 Å². The van der Waals surface area contributed by atoms with Gasteiger partial charge in [0, 0.05) is 14.1 Å². The zero-order valence-electron chi connectivity index (χ0n) is 21.9. The molecular weight excluding hydrogens is 526 g/mol. The van der Waals surface area contributed by atoms with Crippen molar-refractivity contribution in [2.24, 2.45) is 0 Å². The van der Waals surface area contributed by atoms with Crippen LogP contribution in [0.1, 0.15) is 25.3 Å². The highest BCUT2D eigenvalue weighted by Gasteiger charge is 2.27. The van der Waals surface area contributed by atoms with Gasteiger partial charge in [-0.25, -0.2) is 21.1 Å². The minimum absolute atomic E-state index is 0.0868. The van der Waals surface area contributed by atoms with Crippen molar-refractivity contribution < 1.29 is 26.4 Å². The molecule has 3 rings (SSSR count). The number of nitrogens with zero attached hydrogens (tertiary/aromatic N) is 2. The Morgan fingerprint density at radius 2 is 1.39 bits per heavy atom. The van der Waals surface area contributed by atoms with Crippen LogP contribution in [0.5, 0.6) is 5.75 Å². The van der Waals surface area contributed by atoms with Gasteiger partial charge in [-0.1, -0.05) is 44.2 Å². The molecule has 0 saturated heterocycles. The van der Waals surface area contributed by atoms with Crippen molar-refractivity contribution in [3.8, 4) is 5.75 Å². The van der Waals surface area contributed by atoms with Crippen LogP contribution in [0, 0.1) is 0 Å². The van der Waals surface area contributed by atoms with Crippen LogP contribution in [-0.4, -0.2) is 60.8 Å². The van der Waals surface area contributed by atoms with Gasteiger partial charge in [0.05, 0.1) is 22.0 Å². The first-order valence-corrected chi connectivity index (χ1v) is 14.9. The summed E-state index contributed by atoms with van der Waals surface area (Å²) in [6, 6.07) is 21.0. The summed E-state index contributed by atoms with van der Waals surface area (Å²) in [5.74, 6) is 0.226. The Morgan fingerprint density at radius 1 is 0.816 bits per heavy atom. The highest BCUT2D eigenvalue weighted by Crippen LogP contribution is 2.26. The van der Waals surface area contributed by atoms with Crippen molar-refractivity contribution in [2.45, 2.75) is 29.6 Å². The number of rotatable bonds is 12. The highest BCUT2D eigenvalue weighted by atomic mass is 32.2. The molecule has 1 N–H and O–H groups in total. The fourth-order valence-corrected chi connectivity index (χ4v) is 5.87. The van der Waals surface area contributed by atoms with E-state index >= 15 is 0 Å². The summed E-state index contributed by atoms with van der Waals surface area (Å²) in [6.07, 6.45) is 0.